The minimum absolute atomic E-state index is 0. The van der Waals surface area contributed by atoms with Crippen molar-refractivity contribution in [2.75, 3.05) is 13.1 Å². The molecule has 4 heteroatoms. The van der Waals surface area contributed by atoms with Crippen molar-refractivity contribution in [3.8, 4) is 0 Å². The summed E-state index contributed by atoms with van der Waals surface area (Å²) in [6.45, 7) is 6.25. The Morgan fingerprint density at radius 2 is 0.739 bits per heavy atom. The van der Waals surface area contributed by atoms with E-state index in [4.69, 9.17) is 11.5 Å². The Morgan fingerprint density at radius 1 is 0.457 bits per heavy atom. The molecule has 0 spiro atoms. The van der Waals surface area contributed by atoms with Crippen LogP contribution >= 0.6 is 0 Å². The lowest BCUT2D eigenvalue weighted by Crippen LogP contribution is -2.26. The Balaban J connectivity index is 0. The van der Waals surface area contributed by atoms with Gasteiger partial charge in [-0.1, -0.05) is 157 Å². The second-order valence-corrected chi connectivity index (χ2v) is 14.9. The summed E-state index contributed by atoms with van der Waals surface area (Å²) in [5.41, 5.74) is 11.2. The van der Waals surface area contributed by atoms with Crippen LogP contribution in [-0.2, 0) is 9.59 Å². The van der Waals surface area contributed by atoms with E-state index in [-0.39, 0.29) is 14.9 Å². The van der Waals surface area contributed by atoms with Gasteiger partial charge in [-0.15, -0.1) is 0 Å². The Bertz CT molecular complexity index is 614. The highest BCUT2D eigenvalue weighted by Crippen LogP contribution is 2.34. The Kier molecular flexibility index (Phi) is 35.2. The lowest BCUT2D eigenvalue weighted by molar-refractivity contribution is -0.120. The van der Waals surface area contributed by atoms with Crippen LogP contribution in [-0.4, -0.2) is 24.7 Å². The number of hydrogen-bond donors (Lipinski definition) is 2. The van der Waals surface area contributed by atoms with E-state index in [1.54, 1.807) is 0 Å². The fraction of sp³-hybridized carbons (Fsp3) is 0.952. The van der Waals surface area contributed by atoms with Gasteiger partial charge < -0.3 is 11.5 Å². The molecule has 2 fully saturated rings. The van der Waals surface area contributed by atoms with E-state index < -0.39 is 0 Å². The molecule has 0 radical (unpaired) electrons. The maximum absolute atomic E-state index is 12.5. The highest BCUT2D eigenvalue weighted by Gasteiger charge is 2.25. The van der Waals surface area contributed by atoms with E-state index in [1.807, 2.05) is 0 Å². The van der Waals surface area contributed by atoms with Crippen molar-refractivity contribution in [2.45, 2.75) is 221 Å². The van der Waals surface area contributed by atoms with Crippen LogP contribution in [0.25, 0.3) is 0 Å². The second kappa shape index (κ2) is 34.1. The van der Waals surface area contributed by atoms with Gasteiger partial charge in [-0.3, -0.25) is 9.59 Å². The molecule has 0 bridgehead atoms. The third kappa shape index (κ3) is 27.2. The first kappa shape index (κ1) is 47.4. The largest absolute Gasteiger partial charge is 0.330 e. The molecule has 0 aromatic carbocycles. The average molecular weight is 651 g/mol. The van der Waals surface area contributed by atoms with Crippen LogP contribution in [0.2, 0.25) is 0 Å². The Hall–Kier alpha value is -0.740. The Labute approximate surface area is 290 Å². The van der Waals surface area contributed by atoms with E-state index in [0.29, 0.717) is 23.4 Å². The number of nitrogens with two attached hydrogens (primary N) is 2. The molecule has 0 aromatic heterocycles. The average Bonchev–Trinajstić information content (AvgIpc) is 3.03. The van der Waals surface area contributed by atoms with Crippen molar-refractivity contribution >= 4 is 11.6 Å². The molecule has 4 N–H and O–H groups in total. The molecule has 2 rings (SSSR count). The van der Waals surface area contributed by atoms with Gasteiger partial charge in [-0.05, 0) is 75.3 Å². The summed E-state index contributed by atoms with van der Waals surface area (Å²) in [6, 6.07) is 0. The molecule has 2 saturated carbocycles. The van der Waals surface area contributed by atoms with E-state index in [0.717, 1.165) is 69.9 Å². The minimum Gasteiger partial charge on any atom is -0.330 e. The van der Waals surface area contributed by atoms with Gasteiger partial charge in [0.25, 0.3) is 0 Å². The van der Waals surface area contributed by atoms with Gasteiger partial charge in [0, 0.05) is 25.7 Å². The maximum Gasteiger partial charge on any atom is 0.133 e. The lowest BCUT2D eigenvalue weighted by Gasteiger charge is -2.28. The highest BCUT2D eigenvalue weighted by atomic mass is 16.1. The fourth-order valence-electron chi connectivity index (χ4n) is 7.72. The quantitative estimate of drug-likeness (QED) is 0.0912. The number of carbonyl (C=O) groups excluding carboxylic acids is 2. The number of ketones is 2. The van der Waals surface area contributed by atoms with Gasteiger partial charge >= 0.3 is 0 Å². The van der Waals surface area contributed by atoms with Gasteiger partial charge in [0.15, 0.2) is 0 Å². The van der Waals surface area contributed by atoms with Crippen LogP contribution in [0.5, 0.6) is 0 Å². The number of unbranched alkanes of at least 4 members (excludes halogenated alkanes) is 16. The summed E-state index contributed by atoms with van der Waals surface area (Å²) < 4.78 is 0. The maximum atomic E-state index is 12.5. The number of carbonyl (C=O) groups is 2. The van der Waals surface area contributed by atoms with Crippen molar-refractivity contribution in [3.05, 3.63) is 0 Å². The zero-order chi connectivity index (χ0) is 32.1. The molecular weight excluding hydrogens is 564 g/mol. The van der Waals surface area contributed by atoms with E-state index in [1.165, 1.54) is 148 Å². The van der Waals surface area contributed by atoms with Gasteiger partial charge in [0.2, 0.25) is 0 Å². The fourth-order valence-corrected chi connectivity index (χ4v) is 7.72. The third-order valence-corrected chi connectivity index (χ3v) is 10.6. The molecule has 0 aromatic rings. The molecule has 0 heterocycles. The summed E-state index contributed by atoms with van der Waals surface area (Å²) in [5.74, 6) is 3.59. The summed E-state index contributed by atoms with van der Waals surface area (Å²) in [5, 5.41) is 0. The molecule has 2 aliphatic rings. The van der Waals surface area contributed by atoms with Crippen molar-refractivity contribution in [3.63, 3.8) is 0 Å². The molecule has 4 unspecified atom stereocenters. The van der Waals surface area contributed by atoms with E-state index >= 15 is 0 Å². The van der Waals surface area contributed by atoms with Crippen molar-refractivity contribution in [1.82, 2.24) is 0 Å². The van der Waals surface area contributed by atoms with Gasteiger partial charge in [0.1, 0.15) is 11.6 Å². The molecule has 0 amide bonds. The molecule has 0 saturated heterocycles. The predicted octanol–water partition coefficient (Wildman–Crippen LogP) is 12.5. The van der Waals surface area contributed by atoms with Crippen LogP contribution in [0.3, 0.4) is 0 Å². The Morgan fingerprint density at radius 3 is 1.07 bits per heavy atom. The van der Waals surface area contributed by atoms with Crippen LogP contribution in [0.15, 0.2) is 0 Å². The topological polar surface area (TPSA) is 86.2 Å². The number of Topliss-reactive ketones (excluding diaryl/α,β-unsaturated/α-hetero) is 2. The standard InChI is InChI=1S/C32H60O2.C8H18N2.2CH4/c1-3-5-7-9-11-13-15-17-19-24-31(33)27-29-22-21-23-30(26-29)28-32(34)25-20-18-16-14-12-10-8-6-4-2;9-5-7-2-1-3-8(4-7)6-10;;/h29-30H,3-28H2,1-2H3;7-8H,1-6,9-10H2;2*1H4. The summed E-state index contributed by atoms with van der Waals surface area (Å²) in [4.78, 5) is 25.0. The normalized spacial score (nSPS) is 21.0. The first-order chi connectivity index (χ1) is 21.5. The molecule has 276 valence electrons. The first-order valence-corrected chi connectivity index (χ1v) is 20.0. The van der Waals surface area contributed by atoms with E-state index in [2.05, 4.69) is 13.8 Å². The van der Waals surface area contributed by atoms with Crippen LogP contribution in [0, 0.1) is 23.7 Å². The monoisotopic (exact) mass is 651 g/mol. The van der Waals surface area contributed by atoms with Crippen LogP contribution in [0.1, 0.15) is 221 Å². The number of hydrogen-bond acceptors (Lipinski definition) is 4. The molecular formula is C42H86N2O2. The zero-order valence-corrected chi connectivity index (χ0v) is 29.9. The van der Waals surface area contributed by atoms with Gasteiger partial charge in [0.05, 0.1) is 0 Å². The minimum atomic E-state index is 0. The molecule has 0 aliphatic heterocycles. The predicted molar refractivity (Wildman–Crippen MR) is 205 cm³/mol. The first-order valence-electron chi connectivity index (χ1n) is 20.0. The molecule has 46 heavy (non-hydrogen) atoms. The smallest absolute Gasteiger partial charge is 0.133 e. The van der Waals surface area contributed by atoms with Crippen molar-refractivity contribution in [2.24, 2.45) is 35.1 Å². The van der Waals surface area contributed by atoms with Gasteiger partial charge in [-0.25, -0.2) is 0 Å². The lowest BCUT2D eigenvalue weighted by atomic mass is 9.76. The van der Waals surface area contributed by atoms with Crippen LogP contribution < -0.4 is 11.5 Å². The summed E-state index contributed by atoms with van der Waals surface area (Å²) in [7, 11) is 0. The molecule has 2 aliphatic carbocycles. The molecule has 4 atom stereocenters. The SMILES string of the molecule is C.C.CCCCCCCCCCCC(=O)CC1CCCC(CC(=O)CCCCCCCCCCC)C1.NCC1CCCC(CN)C1. The van der Waals surface area contributed by atoms with Gasteiger partial charge in [-0.2, -0.15) is 0 Å². The third-order valence-electron chi connectivity index (χ3n) is 10.6. The molecule has 4 nitrogen and oxygen atoms in total. The highest BCUT2D eigenvalue weighted by molar-refractivity contribution is 5.79. The van der Waals surface area contributed by atoms with Crippen molar-refractivity contribution in [1.29, 1.82) is 0 Å². The van der Waals surface area contributed by atoms with Crippen LogP contribution in [0.4, 0.5) is 0 Å². The summed E-state index contributed by atoms with van der Waals surface area (Å²) >= 11 is 0. The zero-order valence-electron chi connectivity index (χ0n) is 29.9. The van der Waals surface area contributed by atoms with E-state index in [9.17, 15) is 9.59 Å². The summed E-state index contributed by atoms with van der Waals surface area (Å²) in [6.07, 6.45) is 36.7. The second-order valence-electron chi connectivity index (χ2n) is 14.9. The number of rotatable bonds is 26. The van der Waals surface area contributed by atoms with Crippen molar-refractivity contribution < 1.29 is 9.59 Å².